The van der Waals surface area contributed by atoms with Crippen LogP contribution < -0.4 is 14.8 Å². The number of amides is 1. The second kappa shape index (κ2) is 9.08. The Bertz CT molecular complexity index is 746. The molecule has 0 aliphatic carbocycles. The topological polar surface area (TPSA) is 47.6 Å². The molecule has 4 nitrogen and oxygen atoms in total. The van der Waals surface area contributed by atoms with Crippen LogP contribution in [-0.4, -0.2) is 19.1 Å². The average molecular weight is 453 g/mol. The zero-order valence-electron chi connectivity index (χ0n) is 15.1. The third-order valence-electron chi connectivity index (χ3n) is 3.78. The molecule has 0 saturated heterocycles. The molecule has 0 fully saturated rings. The zero-order chi connectivity index (χ0) is 18.4. The fourth-order valence-corrected chi connectivity index (χ4v) is 3.41. The summed E-state index contributed by atoms with van der Waals surface area (Å²) in [5, 5.41) is 3.05. The molecule has 0 spiro atoms. The Kier molecular flexibility index (Phi) is 7.11. The van der Waals surface area contributed by atoms with Crippen molar-refractivity contribution in [3.05, 3.63) is 56.7 Å². The first-order chi connectivity index (χ1) is 12.0. The summed E-state index contributed by atoms with van der Waals surface area (Å²) in [6, 6.07) is 11.5. The van der Waals surface area contributed by atoms with Crippen LogP contribution in [0, 0.1) is 10.5 Å². The maximum atomic E-state index is 12.6. The number of aryl methyl sites for hydroxylation is 1. The van der Waals surface area contributed by atoms with Crippen molar-refractivity contribution in [1.82, 2.24) is 5.32 Å². The third-order valence-corrected chi connectivity index (χ3v) is 4.68. The predicted octanol–water partition coefficient (Wildman–Crippen LogP) is 4.89. The quantitative estimate of drug-likeness (QED) is 0.608. The van der Waals surface area contributed by atoms with Crippen molar-refractivity contribution in [2.45, 2.75) is 33.7 Å². The van der Waals surface area contributed by atoms with Gasteiger partial charge in [-0.05, 0) is 80.1 Å². The molecule has 0 radical (unpaired) electrons. The van der Waals surface area contributed by atoms with Gasteiger partial charge >= 0.3 is 0 Å². The van der Waals surface area contributed by atoms with Gasteiger partial charge in [-0.3, -0.25) is 4.79 Å². The van der Waals surface area contributed by atoms with Gasteiger partial charge in [0.15, 0.2) is 11.5 Å². The van der Waals surface area contributed by atoms with Crippen molar-refractivity contribution in [2.75, 3.05) is 13.2 Å². The van der Waals surface area contributed by atoms with Crippen molar-refractivity contribution in [1.29, 1.82) is 0 Å². The highest BCUT2D eigenvalue weighted by atomic mass is 127. The van der Waals surface area contributed by atoms with Gasteiger partial charge < -0.3 is 14.8 Å². The van der Waals surface area contributed by atoms with Gasteiger partial charge in [0.25, 0.3) is 5.91 Å². The molecule has 2 aromatic carbocycles. The van der Waals surface area contributed by atoms with E-state index in [1.807, 2.05) is 64.1 Å². The molecule has 0 unspecified atom stereocenters. The Morgan fingerprint density at radius 1 is 1.08 bits per heavy atom. The van der Waals surface area contributed by atoms with E-state index in [1.165, 1.54) is 0 Å². The highest BCUT2D eigenvalue weighted by Gasteiger charge is 2.16. The lowest BCUT2D eigenvalue weighted by atomic mass is 10.1. The Hall–Kier alpha value is -1.76. The van der Waals surface area contributed by atoms with Crippen molar-refractivity contribution in [2.24, 2.45) is 0 Å². The van der Waals surface area contributed by atoms with E-state index >= 15 is 0 Å². The molecule has 0 aliphatic rings. The van der Waals surface area contributed by atoms with Gasteiger partial charge in [-0.25, -0.2) is 0 Å². The number of hydrogen-bond donors (Lipinski definition) is 1. The maximum Gasteiger partial charge on any atom is 0.252 e. The van der Waals surface area contributed by atoms with Gasteiger partial charge in [0.2, 0.25) is 0 Å². The van der Waals surface area contributed by atoms with E-state index in [2.05, 4.69) is 27.9 Å². The van der Waals surface area contributed by atoms with Crippen LogP contribution in [0.4, 0.5) is 0 Å². The van der Waals surface area contributed by atoms with E-state index < -0.39 is 0 Å². The SMILES string of the molecule is CCOc1ccc([C@H](C)NC(=O)c2ccc(C)cc2I)cc1OCC. The van der Waals surface area contributed by atoms with Crippen LogP contribution in [0.15, 0.2) is 36.4 Å². The molecule has 2 aromatic rings. The summed E-state index contributed by atoms with van der Waals surface area (Å²) in [5.74, 6) is 1.34. The van der Waals surface area contributed by atoms with Crippen molar-refractivity contribution < 1.29 is 14.3 Å². The van der Waals surface area contributed by atoms with Crippen LogP contribution in [0.2, 0.25) is 0 Å². The van der Waals surface area contributed by atoms with Gasteiger partial charge in [-0.1, -0.05) is 17.7 Å². The largest absolute Gasteiger partial charge is 0.490 e. The molecule has 25 heavy (non-hydrogen) atoms. The number of benzene rings is 2. The molecule has 1 N–H and O–H groups in total. The first-order valence-corrected chi connectivity index (χ1v) is 9.50. The molecule has 0 aromatic heterocycles. The van der Waals surface area contributed by atoms with E-state index in [1.54, 1.807) is 0 Å². The summed E-state index contributed by atoms with van der Waals surface area (Å²) in [6.45, 7) is 9.00. The van der Waals surface area contributed by atoms with Crippen molar-refractivity contribution in [3.63, 3.8) is 0 Å². The number of halogens is 1. The van der Waals surface area contributed by atoms with Crippen molar-refractivity contribution >= 4 is 28.5 Å². The summed E-state index contributed by atoms with van der Waals surface area (Å²) in [4.78, 5) is 12.6. The van der Waals surface area contributed by atoms with E-state index in [9.17, 15) is 4.79 Å². The van der Waals surface area contributed by atoms with E-state index in [0.717, 1.165) is 20.4 Å². The normalized spacial score (nSPS) is 11.7. The Morgan fingerprint density at radius 3 is 2.40 bits per heavy atom. The molecular weight excluding hydrogens is 429 g/mol. The van der Waals surface area contributed by atoms with E-state index in [0.29, 0.717) is 24.5 Å². The van der Waals surface area contributed by atoms with Gasteiger partial charge in [-0.2, -0.15) is 0 Å². The molecule has 0 saturated carbocycles. The van der Waals surface area contributed by atoms with Crippen LogP contribution >= 0.6 is 22.6 Å². The van der Waals surface area contributed by atoms with E-state index in [-0.39, 0.29) is 11.9 Å². The molecule has 1 amide bonds. The number of rotatable bonds is 7. The second-order valence-electron chi connectivity index (χ2n) is 5.75. The molecule has 2 rings (SSSR count). The summed E-state index contributed by atoms with van der Waals surface area (Å²) in [6.07, 6.45) is 0. The highest BCUT2D eigenvalue weighted by molar-refractivity contribution is 14.1. The first-order valence-electron chi connectivity index (χ1n) is 8.42. The standard InChI is InChI=1S/C20H24INO3/c1-5-24-18-10-8-15(12-19(18)25-6-2)14(4)22-20(23)16-9-7-13(3)11-17(16)21/h7-12,14H,5-6H2,1-4H3,(H,22,23)/t14-/m0/s1. The minimum absolute atomic E-state index is 0.0799. The molecule has 0 heterocycles. The Balaban J connectivity index is 2.18. The number of hydrogen-bond acceptors (Lipinski definition) is 3. The molecule has 1 atom stereocenters. The van der Waals surface area contributed by atoms with Crippen LogP contribution in [0.1, 0.15) is 48.3 Å². The lowest BCUT2D eigenvalue weighted by Gasteiger charge is -2.18. The van der Waals surface area contributed by atoms with Crippen LogP contribution in [0.5, 0.6) is 11.5 Å². The number of carbonyl (C=O) groups is 1. The third kappa shape index (κ3) is 5.11. The summed E-state index contributed by atoms with van der Waals surface area (Å²) < 4.78 is 12.2. The predicted molar refractivity (Wildman–Crippen MR) is 109 cm³/mol. The highest BCUT2D eigenvalue weighted by Crippen LogP contribution is 2.31. The average Bonchev–Trinajstić information content (AvgIpc) is 2.56. The maximum absolute atomic E-state index is 12.6. The minimum Gasteiger partial charge on any atom is -0.490 e. The molecular formula is C20H24INO3. The molecule has 0 aliphatic heterocycles. The number of ether oxygens (including phenoxy) is 2. The van der Waals surface area contributed by atoms with Crippen LogP contribution in [-0.2, 0) is 0 Å². The van der Waals surface area contributed by atoms with E-state index in [4.69, 9.17) is 9.47 Å². The van der Waals surface area contributed by atoms with Gasteiger partial charge in [-0.15, -0.1) is 0 Å². The minimum atomic E-state index is -0.139. The van der Waals surface area contributed by atoms with Crippen molar-refractivity contribution in [3.8, 4) is 11.5 Å². The summed E-state index contributed by atoms with van der Waals surface area (Å²) in [5.41, 5.74) is 2.80. The summed E-state index contributed by atoms with van der Waals surface area (Å²) in [7, 11) is 0. The fourth-order valence-electron chi connectivity index (χ4n) is 2.50. The number of nitrogens with one attached hydrogen (secondary N) is 1. The lowest BCUT2D eigenvalue weighted by Crippen LogP contribution is -2.27. The van der Waals surface area contributed by atoms with Crippen LogP contribution in [0.25, 0.3) is 0 Å². The van der Waals surface area contributed by atoms with Gasteiger partial charge in [0, 0.05) is 3.57 Å². The first kappa shape index (κ1) is 19.6. The Labute approximate surface area is 163 Å². The lowest BCUT2D eigenvalue weighted by molar-refractivity contribution is 0.0939. The fraction of sp³-hybridized carbons (Fsp3) is 0.350. The van der Waals surface area contributed by atoms with Gasteiger partial charge in [0.1, 0.15) is 0 Å². The Morgan fingerprint density at radius 2 is 1.76 bits per heavy atom. The van der Waals surface area contributed by atoms with Crippen LogP contribution in [0.3, 0.4) is 0 Å². The van der Waals surface area contributed by atoms with Gasteiger partial charge in [0.05, 0.1) is 24.8 Å². The smallest absolute Gasteiger partial charge is 0.252 e. The molecule has 0 bridgehead atoms. The second-order valence-corrected chi connectivity index (χ2v) is 6.91. The molecule has 134 valence electrons. The summed E-state index contributed by atoms with van der Waals surface area (Å²) >= 11 is 2.20. The monoisotopic (exact) mass is 453 g/mol. The number of carbonyl (C=O) groups excluding carboxylic acids is 1. The molecule has 5 heteroatoms. The zero-order valence-corrected chi connectivity index (χ0v) is 17.2.